The second-order valence-corrected chi connectivity index (χ2v) is 6.22. The number of aryl methyl sites for hydroxylation is 1. The monoisotopic (exact) mass is 373 g/mol. The van der Waals surface area contributed by atoms with Gasteiger partial charge in [0.25, 0.3) is 5.89 Å². The summed E-state index contributed by atoms with van der Waals surface area (Å²) in [6, 6.07) is 7.01. The SMILES string of the molecule is CC(=O)c1c(C)[nH]c(C(=O)OCc2nc(-c3cccc(Cl)c3)no2)c1C. The zero-order valence-electron chi connectivity index (χ0n) is 14.4. The summed E-state index contributed by atoms with van der Waals surface area (Å²) in [5.41, 5.74) is 2.62. The Morgan fingerprint density at radius 3 is 2.73 bits per heavy atom. The van der Waals surface area contributed by atoms with Crippen molar-refractivity contribution < 1.29 is 18.8 Å². The molecule has 1 N–H and O–H groups in total. The number of hydrogen-bond acceptors (Lipinski definition) is 6. The Morgan fingerprint density at radius 2 is 2.08 bits per heavy atom. The van der Waals surface area contributed by atoms with E-state index in [1.54, 1.807) is 38.1 Å². The van der Waals surface area contributed by atoms with Crippen LogP contribution in [0.2, 0.25) is 5.02 Å². The highest BCUT2D eigenvalue weighted by atomic mass is 35.5. The Morgan fingerprint density at radius 1 is 1.31 bits per heavy atom. The highest BCUT2D eigenvalue weighted by Gasteiger charge is 2.21. The van der Waals surface area contributed by atoms with E-state index < -0.39 is 5.97 Å². The number of carbonyl (C=O) groups is 2. The van der Waals surface area contributed by atoms with Gasteiger partial charge < -0.3 is 14.2 Å². The molecule has 0 atom stereocenters. The topological polar surface area (TPSA) is 98.1 Å². The maximum atomic E-state index is 12.3. The standard InChI is InChI=1S/C18H16ClN3O4/c1-9-15(11(3)23)10(2)20-16(9)18(24)25-8-14-21-17(22-26-14)12-5-4-6-13(19)7-12/h4-7,20H,8H2,1-3H3. The molecule has 0 saturated heterocycles. The number of esters is 1. The lowest BCUT2D eigenvalue weighted by atomic mass is 10.1. The molecule has 2 heterocycles. The third-order valence-electron chi connectivity index (χ3n) is 3.87. The van der Waals surface area contributed by atoms with E-state index >= 15 is 0 Å². The maximum absolute atomic E-state index is 12.3. The van der Waals surface area contributed by atoms with Gasteiger partial charge >= 0.3 is 5.97 Å². The first-order valence-electron chi connectivity index (χ1n) is 7.82. The van der Waals surface area contributed by atoms with Gasteiger partial charge in [0.05, 0.1) is 0 Å². The predicted molar refractivity (Wildman–Crippen MR) is 94.1 cm³/mol. The molecule has 0 aliphatic rings. The van der Waals surface area contributed by atoms with E-state index in [1.165, 1.54) is 6.92 Å². The predicted octanol–water partition coefficient (Wildman–Crippen LogP) is 3.89. The molecule has 26 heavy (non-hydrogen) atoms. The number of aromatic amines is 1. The molecule has 1 aromatic carbocycles. The summed E-state index contributed by atoms with van der Waals surface area (Å²) < 4.78 is 10.3. The van der Waals surface area contributed by atoms with E-state index in [4.69, 9.17) is 20.9 Å². The molecule has 7 nitrogen and oxygen atoms in total. The largest absolute Gasteiger partial charge is 0.451 e. The fourth-order valence-corrected chi connectivity index (χ4v) is 2.93. The van der Waals surface area contributed by atoms with Crippen LogP contribution < -0.4 is 0 Å². The first-order chi connectivity index (χ1) is 12.4. The van der Waals surface area contributed by atoms with E-state index in [9.17, 15) is 9.59 Å². The van der Waals surface area contributed by atoms with Gasteiger partial charge in [-0.2, -0.15) is 4.98 Å². The Hall–Kier alpha value is -2.93. The number of nitrogens with one attached hydrogen (secondary N) is 1. The van der Waals surface area contributed by atoms with Crippen molar-refractivity contribution in [2.24, 2.45) is 0 Å². The third-order valence-corrected chi connectivity index (χ3v) is 4.11. The van der Waals surface area contributed by atoms with Crippen LogP contribution in [-0.4, -0.2) is 26.9 Å². The van der Waals surface area contributed by atoms with Gasteiger partial charge in [0.2, 0.25) is 5.82 Å². The van der Waals surface area contributed by atoms with E-state index in [2.05, 4.69) is 15.1 Å². The van der Waals surface area contributed by atoms with Crippen molar-refractivity contribution in [3.8, 4) is 11.4 Å². The number of nitrogens with zero attached hydrogens (tertiary/aromatic N) is 2. The van der Waals surface area contributed by atoms with Crippen LogP contribution in [0.15, 0.2) is 28.8 Å². The lowest BCUT2D eigenvalue weighted by Gasteiger charge is -2.01. The minimum atomic E-state index is -0.597. The van der Waals surface area contributed by atoms with Crippen LogP contribution in [0.4, 0.5) is 0 Å². The number of ketones is 1. The summed E-state index contributed by atoms with van der Waals surface area (Å²) in [5, 5.41) is 4.40. The number of rotatable bonds is 5. The van der Waals surface area contributed by atoms with Gasteiger partial charge in [-0.25, -0.2) is 4.79 Å². The molecule has 3 aromatic rings. The lowest BCUT2D eigenvalue weighted by Crippen LogP contribution is -2.08. The number of Topliss-reactive ketones (excluding diaryl/α,β-unsaturated/α-hetero) is 1. The van der Waals surface area contributed by atoms with Crippen LogP contribution in [0.1, 0.15) is 44.9 Å². The zero-order chi connectivity index (χ0) is 18.8. The van der Waals surface area contributed by atoms with Crippen LogP contribution in [0, 0.1) is 13.8 Å². The van der Waals surface area contributed by atoms with Gasteiger partial charge in [-0.3, -0.25) is 4.79 Å². The number of aromatic nitrogens is 3. The summed E-state index contributed by atoms with van der Waals surface area (Å²) in [4.78, 5) is 31.0. The third kappa shape index (κ3) is 3.52. The zero-order valence-corrected chi connectivity index (χ0v) is 15.2. The van der Waals surface area contributed by atoms with Gasteiger partial charge in [-0.15, -0.1) is 0 Å². The van der Waals surface area contributed by atoms with Crippen molar-refractivity contribution >= 4 is 23.4 Å². The highest BCUT2D eigenvalue weighted by Crippen LogP contribution is 2.21. The second kappa shape index (κ2) is 7.13. The number of carbonyl (C=O) groups excluding carboxylic acids is 2. The number of halogens is 1. The van der Waals surface area contributed by atoms with E-state index in [0.29, 0.717) is 33.2 Å². The van der Waals surface area contributed by atoms with Gasteiger partial charge in [-0.1, -0.05) is 28.9 Å². The quantitative estimate of drug-likeness (QED) is 0.538. The second-order valence-electron chi connectivity index (χ2n) is 5.78. The molecule has 3 rings (SSSR count). The molecule has 134 valence electrons. The average Bonchev–Trinajstić information content (AvgIpc) is 3.17. The minimum absolute atomic E-state index is 0.113. The summed E-state index contributed by atoms with van der Waals surface area (Å²) >= 11 is 5.94. The fraction of sp³-hybridized carbons (Fsp3) is 0.222. The molecule has 8 heteroatoms. The van der Waals surface area contributed by atoms with E-state index in [0.717, 1.165) is 0 Å². The average molecular weight is 374 g/mol. The Labute approximate surface area is 154 Å². The molecular formula is C18H16ClN3O4. The first-order valence-corrected chi connectivity index (χ1v) is 8.20. The van der Waals surface area contributed by atoms with Crippen molar-refractivity contribution in [1.29, 1.82) is 0 Å². The van der Waals surface area contributed by atoms with Gasteiger partial charge in [0, 0.05) is 21.8 Å². The van der Waals surface area contributed by atoms with E-state index in [1.807, 2.05) is 0 Å². The van der Waals surface area contributed by atoms with Gasteiger partial charge in [-0.05, 0) is 38.5 Å². The summed E-state index contributed by atoms with van der Waals surface area (Å²) in [6.45, 7) is 4.70. The number of H-pyrrole nitrogens is 1. The highest BCUT2D eigenvalue weighted by molar-refractivity contribution is 6.30. The van der Waals surface area contributed by atoms with Crippen LogP contribution in [0.5, 0.6) is 0 Å². The Kier molecular flexibility index (Phi) is 4.90. The van der Waals surface area contributed by atoms with Gasteiger partial charge in [0.1, 0.15) is 5.69 Å². The van der Waals surface area contributed by atoms with Crippen molar-refractivity contribution in [2.75, 3.05) is 0 Å². The number of hydrogen-bond donors (Lipinski definition) is 1. The molecule has 0 unspecified atom stereocenters. The minimum Gasteiger partial charge on any atom is -0.451 e. The van der Waals surface area contributed by atoms with Crippen LogP contribution in [0.25, 0.3) is 11.4 Å². The van der Waals surface area contributed by atoms with Crippen LogP contribution in [-0.2, 0) is 11.3 Å². The summed E-state index contributed by atoms with van der Waals surface area (Å²) in [7, 11) is 0. The van der Waals surface area contributed by atoms with Crippen molar-refractivity contribution in [3.63, 3.8) is 0 Å². The Balaban J connectivity index is 1.71. The molecular weight excluding hydrogens is 358 g/mol. The normalized spacial score (nSPS) is 10.8. The molecule has 0 aliphatic heterocycles. The Bertz CT molecular complexity index is 990. The lowest BCUT2D eigenvalue weighted by molar-refractivity contribution is 0.0422. The molecule has 0 amide bonds. The fourth-order valence-electron chi connectivity index (χ4n) is 2.74. The van der Waals surface area contributed by atoms with Crippen LogP contribution in [0.3, 0.4) is 0 Å². The van der Waals surface area contributed by atoms with Crippen molar-refractivity contribution in [3.05, 3.63) is 57.7 Å². The molecule has 0 aliphatic carbocycles. The molecule has 0 spiro atoms. The number of ether oxygens (including phenoxy) is 1. The van der Waals surface area contributed by atoms with Gasteiger partial charge in [0.15, 0.2) is 12.4 Å². The molecule has 0 radical (unpaired) electrons. The van der Waals surface area contributed by atoms with Crippen LogP contribution >= 0.6 is 11.6 Å². The smallest absolute Gasteiger partial charge is 0.355 e. The molecule has 0 fully saturated rings. The van der Waals surface area contributed by atoms with E-state index in [-0.39, 0.29) is 24.0 Å². The van der Waals surface area contributed by atoms with Crippen molar-refractivity contribution in [2.45, 2.75) is 27.4 Å². The molecule has 2 aromatic heterocycles. The van der Waals surface area contributed by atoms with Crippen molar-refractivity contribution in [1.82, 2.24) is 15.1 Å². The molecule has 0 bridgehead atoms. The first kappa shape index (κ1) is 17.9. The summed E-state index contributed by atoms with van der Waals surface area (Å²) in [5.74, 6) is -0.204. The number of benzene rings is 1. The maximum Gasteiger partial charge on any atom is 0.355 e. The molecule has 0 saturated carbocycles. The summed E-state index contributed by atoms with van der Waals surface area (Å²) in [6.07, 6.45) is 0.